The second-order valence-electron chi connectivity index (χ2n) is 4.54. The summed E-state index contributed by atoms with van der Waals surface area (Å²) >= 11 is 0. The molecule has 3 unspecified atom stereocenters. The Labute approximate surface area is 80.4 Å². The zero-order chi connectivity index (χ0) is 9.26. The highest BCUT2D eigenvalue weighted by Gasteiger charge is 2.27. The minimum atomic E-state index is 0.325. The van der Waals surface area contributed by atoms with Crippen LogP contribution in [0, 0.1) is 5.92 Å². The lowest BCUT2D eigenvalue weighted by molar-refractivity contribution is 0.0801. The number of nitrogens with zero attached hydrogens (tertiary/aromatic N) is 1. The van der Waals surface area contributed by atoms with Crippen LogP contribution < -0.4 is 5.32 Å². The van der Waals surface area contributed by atoms with Gasteiger partial charge in [-0.3, -0.25) is 5.32 Å². The first-order chi connectivity index (χ1) is 6.24. The summed E-state index contributed by atoms with van der Waals surface area (Å²) in [7, 11) is 2.20. The van der Waals surface area contributed by atoms with Gasteiger partial charge in [0.15, 0.2) is 0 Å². The van der Waals surface area contributed by atoms with Gasteiger partial charge >= 0.3 is 0 Å². The molecule has 0 aromatic carbocycles. The fourth-order valence-electron chi connectivity index (χ4n) is 2.33. The van der Waals surface area contributed by atoms with Crippen LogP contribution in [-0.2, 0) is 4.74 Å². The predicted octanol–water partition coefficient (Wildman–Crippen LogP) is 0.663. The van der Waals surface area contributed by atoms with Crippen LogP contribution in [0.3, 0.4) is 0 Å². The molecule has 76 valence electrons. The van der Waals surface area contributed by atoms with E-state index in [0.717, 1.165) is 12.5 Å². The average Bonchev–Trinajstić information content (AvgIpc) is 2.62. The van der Waals surface area contributed by atoms with Crippen molar-refractivity contribution in [1.29, 1.82) is 0 Å². The lowest BCUT2D eigenvalue weighted by atomic mass is 10.0. The van der Waals surface area contributed by atoms with Gasteiger partial charge in [-0.25, -0.2) is 0 Å². The first-order valence-corrected chi connectivity index (χ1v) is 5.30. The Kier molecular flexibility index (Phi) is 2.86. The zero-order valence-corrected chi connectivity index (χ0v) is 8.62. The van der Waals surface area contributed by atoms with Crippen molar-refractivity contribution in [2.24, 2.45) is 5.92 Å². The van der Waals surface area contributed by atoms with E-state index in [1.54, 1.807) is 0 Å². The second-order valence-corrected chi connectivity index (χ2v) is 4.54. The van der Waals surface area contributed by atoms with Gasteiger partial charge in [0, 0.05) is 12.6 Å². The molecule has 2 rings (SSSR count). The summed E-state index contributed by atoms with van der Waals surface area (Å²) in [5.41, 5.74) is 0. The summed E-state index contributed by atoms with van der Waals surface area (Å²) in [6.07, 6.45) is 2.85. The van der Waals surface area contributed by atoms with Crippen molar-refractivity contribution in [3.8, 4) is 0 Å². The lowest BCUT2D eigenvalue weighted by Gasteiger charge is -2.15. The van der Waals surface area contributed by atoms with Crippen LogP contribution in [0.1, 0.15) is 19.8 Å². The topological polar surface area (TPSA) is 24.5 Å². The molecule has 0 radical (unpaired) electrons. The fourth-order valence-corrected chi connectivity index (χ4v) is 2.33. The third kappa shape index (κ3) is 2.42. The lowest BCUT2D eigenvalue weighted by Crippen LogP contribution is -2.30. The fraction of sp³-hybridized carbons (Fsp3) is 1.00. The number of nitrogens with one attached hydrogen (secondary N) is 1. The number of likely N-dealkylation sites (tertiary alicyclic amines) is 1. The first kappa shape index (κ1) is 9.44. The zero-order valence-electron chi connectivity index (χ0n) is 8.62. The monoisotopic (exact) mass is 184 g/mol. The van der Waals surface area contributed by atoms with Gasteiger partial charge in [0.1, 0.15) is 6.23 Å². The summed E-state index contributed by atoms with van der Waals surface area (Å²) in [6, 6.07) is 0.545. The summed E-state index contributed by atoms with van der Waals surface area (Å²) in [4.78, 5) is 2.41. The van der Waals surface area contributed by atoms with Crippen LogP contribution in [0.15, 0.2) is 0 Å². The number of hydrogen-bond donors (Lipinski definition) is 1. The van der Waals surface area contributed by atoms with E-state index in [1.165, 1.54) is 25.9 Å². The van der Waals surface area contributed by atoms with Gasteiger partial charge in [0.05, 0.1) is 6.61 Å². The summed E-state index contributed by atoms with van der Waals surface area (Å²) in [6.45, 7) is 5.57. The third-order valence-electron chi connectivity index (χ3n) is 3.05. The normalized spacial score (nSPS) is 41.5. The molecule has 2 fully saturated rings. The van der Waals surface area contributed by atoms with E-state index >= 15 is 0 Å². The van der Waals surface area contributed by atoms with Gasteiger partial charge in [0.2, 0.25) is 0 Å². The minimum absolute atomic E-state index is 0.325. The molecule has 2 aliphatic heterocycles. The van der Waals surface area contributed by atoms with Crippen molar-refractivity contribution in [2.45, 2.75) is 32.0 Å². The van der Waals surface area contributed by atoms with Gasteiger partial charge in [-0.15, -0.1) is 0 Å². The van der Waals surface area contributed by atoms with E-state index in [2.05, 4.69) is 24.2 Å². The van der Waals surface area contributed by atoms with E-state index in [1.807, 2.05) is 0 Å². The highest BCUT2D eigenvalue weighted by molar-refractivity contribution is 4.79. The SMILES string of the molecule is CC1COC(CC2CCN(C)C2)N1. The van der Waals surface area contributed by atoms with Crippen molar-refractivity contribution >= 4 is 0 Å². The van der Waals surface area contributed by atoms with Crippen molar-refractivity contribution < 1.29 is 4.74 Å². The summed E-state index contributed by atoms with van der Waals surface area (Å²) in [5.74, 6) is 0.841. The van der Waals surface area contributed by atoms with Crippen molar-refractivity contribution in [3.63, 3.8) is 0 Å². The Morgan fingerprint density at radius 1 is 1.54 bits per heavy atom. The number of ether oxygens (including phenoxy) is 1. The third-order valence-corrected chi connectivity index (χ3v) is 3.05. The van der Waals surface area contributed by atoms with Gasteiger partial charge in [-0.05, 0) is 39.3 Å². The largest absolute Gasteiger partial charge is 0.362 e. The van der Waals surface area contributed by atoms with E-state index in [0.29, 0.717) is 12.3 Å². The second kappa shape index (κ2) is 3.95. The summed E-state index contributed by atoms with van der Waals surface area (Å²) in [5, 5.41) is 3.45. The predicted molar refractivity (Wildman–Crippen MR) is 52.6 cm³/mol. The van der Waals surface area contributed by atoms with E-state index in [9.17, 15) is 0 Å². The van der Waals surface area contributed by atoms with Gasteiger partial charge in [-0.2, -0.15) is 0 Å². The van der Waals surface area contributed by atoms with E-state index in [-0.39, 0.29) is 0 Å². The van der Waals surface area contributed by atoms with Gasteiger partial charge in [-0.1, -0.05) is 0 Å². The number of hydrogen-bond acceptors (Lipinski definition) is 3. The quantitative estimate of drug-likeness (QED) is 0.682. The van der Waals surface area contributed by atoms with Crippen molar-refractivity contribution in [1.82, 2.24) is 10.2 Å². The maximum absolute atomic E-state index is 5.63. The van der Waals surface area contributed by atoms with Crippen LogP contribution in [0.5, 0.6) is 0 Å². The standard InChI is InChI=1S/C10H20N2O/c1-8-7-13-10(11-8)5-9-3-4-12(2)6-9/h8-11H,3-7H2,1-2H3. The highest BCUT2D eigenvalue weighted by atomic mass is 16.5. The van der Waals surface area contributed by atoms with E-state index in [4.69, 9.17) is 4.74 Å². The Bertz CT molecular complexity index is 156. The highest BCUT2D eigenvalue weighted by Crippen LogP contribution is 2.21. The molecule has 2 saturated heterocycles. The minimum Gasteiger partial charge on any atom is -0.362 e. The maximum atomic E-state index is 5.63. The average molecular weight is 184 g/mol. The molecule has 0 spiro atoms. The molecule has 13 heavy (non-hydrogen) atoms. The molecule has 3 heteroatoms. The van der Waals surface area contributed by atoms with Crippen LogP contribution in [0.25, 0.3) is 0 Å². The molecule has 0 aromatic heterocycles. The van der Waals surface area contributed by atoms with Crippen LogP contribution in [0.4, 0.5) is 0 Å². The first-order valence-electron chi connectivity index (χ1n) is 5.30. The molecule has 1 N–H and O–H groups in total. The Morgan fingerprint density at radius 2 is 2.38 bits per heavy atom. The number of rotatable bonds is 2. The Balaban J connectivity index is 1.72. The molecule has 2 heterocycles. The van der Waals surface area contributed by atoms with Crippen LogP contribution in [-0.4, -0.2) is 43.9 Å². The molecular weight excluding hydrogens is 164 g/mol. The molecule has 0 bridgehead atoms. The Morgan fingerprint density at radius 3 is 2.92 bits per heavy atom. The molecular formula is C10H20N2O. The molecule has 0 aliphatic carbocycles. The molecule has 0 saturated carbocycles. The van der Waals surface area contributed by atoms with E-state index < -0.39 is 0 Å². The van der Waals surface area contributed by atoms with Crippen LogP contribution >= 0.6 is 0 Å². The van der Waals surface area contributed by atoms with Gasteiger partial charge in [0.25, 0.3) is 0 Å². The molecule has 0 aromatic rings. The van der Waals surface area contributed by atoms with Crippen molar-refractivity contribution in [3.05, 3.63) is 0 Å². The van der Waals surface area contributed by atoms with Crippen LogP contribution in [0.2, 0.25) is 0 Å². The molecule has 3 nitrogen and oxygen atoms in total. The molecule has 2 aliphatic rings. The summed E-state index contributed by atoms with van der Waals surface area (Å²) < 4.78 is 5.63. The maximum Gasteiger partial charge on any atom is 0.108 e. The Hall–Kier alpha value is -0.120. The smallest absolute Gasteiger partial charge is 0.108 e. The molecule has 0 amide bonds. The van der Waals surface area contributed by atoms with Gasteiger partial charge < -0.3 is 9.64 Å². The van der Waals surface area contributed by atoms with Crippen molar-refractivity contribution in [2.75, 3.05) is 26.7 Å². The molecule has 3 atom stereocenters.